The Labute approximate surface area is 93.8 Å². The lowest BCUT2D eigenvalue weighted by Gasteiger charge is -2.02. The summed E-state index contributed by atoms with van der Waals surface area (Å²) in [5.41, 5.74) is 0.847. The van der Waals surface area contributed by atoms with E-state index in [-0.39, 0.29) is 0 Å². The number of rotatable bonds is 1. The molecule has 2 aromatic rings. The number of benzene rings is 1. The number of nitrogens with zero attached hydrogens (tertiary/aromatic N) is 3. The van der Waals surface area contributed by atoms with Gasteiger partial charge in [-0.15, -0.1) is 5.10 Å². The Bertz CT molecular complexity index is 413. The average Bonchev–Trinajstić information content (AvgIpc) is 2.56. The van der Waals surface area contributed by atoms with E-state index in [4.69, 9.17) is 11.6 Å². The fourth-order valence-electron chi connectivity index (χ4n) is 1.00. The molecule has 0 saturated carbocycles. The summed E-state index contributed by atoms with van der Waals surface area (Å²) >= 11 is 8.24. The van der Waals surface area contributed by atoms with Gasteiger partial charge in [-0.3, -0.25) is 0 Å². The van der Waals surface area contributed by atoms with Crippen molar-refractivity contribution in [3.63, 3.8) is 0 Å². The molecule has 0 unspecified atom stereocenters. The van der Waals surface area contributed by atoms with Crippen molar-refractivity contribution in [1.29, 1.82) is 0 Å². The molecule has 0 spiro atoms. The summed E-state index contributed by atoms with van der Waals surface area (Å²) in [6, 6.07) is 5.78. The molecule has 66 valence electrons. The summed E-state index contributed by atoms with van der Waals surface area (Å²) in [6.07, 6.45) is 3.38. The Morgan fingerprint density at radius 2 is 2.23 bits per heavy atom. The van der Waals surface area contributed by atoms with Crippen LogP contribution in [-0.2, 0) is 0 Å². The normalized spacial score (nSPS) is 10.3. The van der Waals surface area contributed by atoms with Gasteiger partial charge in [0.2, 0.25) is 0 Å². The van der Waals surface area contributed by atoms with Crippen molar-refractivity contribution in [1.82, 2.24) is 15.0 Å². The van der Waals surface area contributed by atoms with Crippen LogP contribution in [0.1, 0.15) is 0 Å². The minimum atomic E-state index is 0.678. The van der Waals surface area contributed by atoms with E-state index in [0.29, 0.717) is 5.02 Å². The highest BCUT2D eigenvalue weighted by Gasteiger charge is 2.02. The maximum absolute atomic E-state index is 6.03. The second-order valence-electron chi connectivity index (χ2n) is 2.44. The lowest BCUT2D eigenvalue weighted by atomic mass is 10.3. The monoisotopic (exact) mass is 305 g/mol. The van der Waals surface area contributed by atoms with Crippen molar-refractivity contribution >= 4 is 34.2 Å². The third-order valence-corrected chi connectivity index (χ3v) is 2.55. The van der Waals surface area contributed by atoms with Crippen LogP contribution < -0.4 is 0 Å². The molecular formula is C8H5ClIN3. The summed E-state index contributed by atoms with van der Waals surface area (Å²) in [4.78, 5) is 0. The maximum atomic E-state index is 6.03. The lowest BCUT2D eigenvalue weighted by molar-refractivity contribution is 0.803. The predicted octanol–water partition coefficient (Wildman–Crippen LogP) is 2.53. The zero-order valence-electron chi connectivity index (χ0n) is 6.48. The number of aromatic nitrogens is 3. The van der Waals surface area contributed by atoms with Gasteiger partial charge in [-0.1, -0.05) is 16.8 Å². The van der Waals surface area contributed by atoms with Crippen LogP contribution in [0.3, 0.4) is 0 Å². The minimum absolute atomic E-state index is 0.678. The first-order chi connectivity index (χ1) is 6.27. The largest absolute Gasteiger partial charge is 0.219 e. The van der Waals surface area contributed by atoms with Gasteiger partial charge in [0.25, 0.3) is 0 Å². The van der Waals surface area contributed by atoms with Gasteiger partial charge in [0.1, 0.15) is 0 Å². The van der Waals surface area contributed by atoms with Crippen LogP contribution in [0.5, 0.6) is 0 Å². The van der Waals surface area contributed by atoms with E-state index in [9.17, 15) is 0 Å². The highest BCUT2D eigenvalue weighted by molar-refractivity contribution is 14.1. The molecule has 5 heteroatoms. The van der Waals surface area contributed by atoms with E-state index in [1.807, 2.05) is 18.2 Å². The fourth-order valence-corrected chi connectivity index (χ4v) is 1.95. The molecule has 1 aromatic heterocycles. The lowest BCUT2D eigenvalue weighted by Crippen LogP contribution is -1.95. The first-order valence-corrected chi connectivity index (χ1v) is 5.05. The molecule has 0 radical (unpaired) electrons. The fraction of sp³-hybridized carbons (Fsp3) is 0. The zero-order valence-corrected chi connectivity index (χ0v) is 9.40. The molecule has 13 heavy (non-hydrogen) atoms. The molecule has 3 nitrogen and oxygen atoms in total. The smallest absolute Gasteiger partial charge is 0.0850 e. The van der Waals surface area contributed by atoms with E-state index in [1.54, 1.807) is 17.1 Å². The van der Waals surface area contributed by atoms with Gasteiger partial charge in [-0.05, 0) is 40.8 Å². The standard InChI is InChI=1S/C8H5ClIN3/c9-7-5-6(10)1-2-8(7)13-4-3-11-12-13/h1-5H. The van der Waals surface area contributed by atoms with Crippen molar-refractivity contribution < 1.29 is 0 Å². The molecule has 0 aliphatic carbocycles. The molecule has 0 saturated heterocycles. The Morgan fingerprint density at radius 3 is 2.85 bits per heavy atom. The van der Waals surface area contributed by atoms with Crippen molar-refractivity contribution in [2.75, 3.05) is 0 Å². The summed E-state index contributed by atoms with van der Waals surface area (Å²) in [5, 5.41) is 8.25. The van der Waals surface area contributed by atoms with Gasteiger partial charge in [0, 0.05) is 3.57 Å². The molecule has 1 heterocycles. The third kappa shape index (κ3) is 1.83. The third-order valence-electron chi connectivity index (χ3n) is 1.58. The molecule has 0 atom stereocenters. The second kappa shape index (κ2) is 3.63. The SMILES string of the molecule is Clc1cc(I)ccc1-n1ccnn1. The number of halogens is 2. The van der Waals surface area contributed by atoms with Crippen molar-refractivity contribution in [3.05, 3.63) is 39.2 Å². The summed E-state index contributed by atoms with van der Waals surface area (Å²) in [7, 11) is 0. The van der Waals surface area contributed by atoms with Gasteiger partial charge in [-0.25, -0.2) is 4.68 Å². The topological polar surface area (TPSA) is 30.7 Å². The van der Waals surface area contributed by atoms with E-state index < -0.39 is 0 Å². The highest BCUT2D eigenvalue weighted by Crippen LogP contribution is 2.21. The van der Waals surface area contributed by atoms with Gasteiger partial charge in [0.05, 0.1) is 23.1 Å². The first-order valence-electron chi connectivity index (χ1n) is 3.59. The van der Waals surface area contributed by atoms with Crippen LogP contribution in [-0.4, -0.2) is 15.0 Å². The van der Waals surface area contributed by atoms with E-state index in [0.717, 1.165) is 9.26 Å². The van der Waals surface area contributed by atoms with Crippen molar-refractivity contribution in [2.45, 2.75) is 0 Å². The van der Waals surface area contributed by atoms with E-state index >= 15 is 0 Å². The molecule has 0 bridgehead atoms. The Balaban J connectivity index is 2.53. The van der Waals surface area contributed by atoms with Gasteiger partial charge in [-0.2, -0.15) is 0 Å². The van der Waals surface area contributed by atoms with E-state index in [1.165, 1.54) is 0 Å². The molecular weight excluding hydrogens is 300 g/mol. The maximum Gasteiger partial charge on any atom is 0.0850 e. The molecule has 0 amide bonds. The predicted molar refractivity (Wildman–Crippen MR) is 59.1 cm³/mol. The quantitative estimate of drug-likeness (QED) is 0.758. The molecule has 0 aliphatic rings. The number of hydrogen-bond acceptors (Lipinski definition) is 2. The summed E-state index contributed by atoms with van der Waals surface area (Å²) in [5.74, 6) is 0. The Morgan fingerprint density at radius 1 is 1.38 bits per heavy atom. The van der Waals surface area contributed by atoms with Gasteiger partial charge >= 0.3 is 0 Å². The molecule has 0 N–H and O–H groups in total. The zero-order chi connectivity index (χ0) is 9.26. The van der Waals surface area contributed by atoms with Crippen LogP contribution in [0.2, 0.25) is 5.02 Å². The highest BCUT2D eigenvalue weighted by atomic mass is 127. The summed E-state index contributed by atoms with van der Waals surface area (Å²) in [6.45, 7) is 0. The van der Waals surface area contributed by atoms with Crippen LogP contribution >= 0.6 is 34.2 Å². The number of hydrogen-bond donors (Lipinski definition) is 0. The van der Waals surface area contributed by atoms with Crippen LogP contribution in [0.15, 0.2) is 30.6 Å². The van der Waals surface area contributed by atoms with Crippen molar-refractivity contribution in [3.8, 4) is 5.69 Å². The Kier molecular flexibility index (Phi) is 2.50. The molecule has 0 aliphatic heterocycles. The minimum Gasteiger partial charge on any atom is -0.219 e. The first kappa shape index (κ1) is 8.96. The summed E-state index contributed by atoms with van der Waals surface area (Å²) < 4.78 is 2.74. The van der Waals surface area contributed by atoms with Gasteiger partial charge < -0.3 is 0 Å². The molecule has 2 rings (SSSR count). The van der Waals surface area contributed by atoms with Crippen LogP contribution in [0.25, 0.3) is 5.69 Å². The molecule has 1 aromatic carbocycles. The average molecular weight is 306 g/mol. The molecule has 0 fully saturated rings. The van der Waals surface area contributed by atoms with Crippen molar-refractivity contribution in [2.24, 2.45) is 0 Å². The van der Waals surface area contributed by atoms with Crippen LogP contribution in [0.4, 0.5) is 0 Å². The van der Waals surface area contributed by atoms with Gasteiger partial charge in [0.15, 0.2) is 0 Å². The van der Waals surface area contributed by atoms with E-state index in [2.05, 4.69) is 32.9 Å². The Hall–Kier alpha value is -0.620. The van der Waals surface area contributed by atoms with Crippen LogP contribution in [0, 0.1) is 3.57 Å². The second-order valence-corrected chi connectivity index (χ2v) is 4.10.